The summed E-state index contributed by atoms with van der Waals surface area (Å²) in [7, 11) is 3.21. The van der Waals surface area contributed by atoms with Crippen molar-refractivity contribution in [2.45, 2.75) is 13.0 Å². The van der Waals surface area contributed by atoms with Gasteiger partial charge in [0.25, 0.3) is 0 Å². The summed E-state index contributed by atoms with van der Waals surface area (Å²) in [6.07, 6.45) is 0.248. The molecule has 31 heavy (non-hydrogen) atoms. The minimum atomic E-state index is -0.0526. The molecule has 0 unspecified atom stereocenters. The molecule has 158 valence electrons. The largest absolute Gasteiger partial charge is 0.497 e. The Morgan fingerprint density at radius 3 is 2.39 bits per heavy atom. The predicted molar refractivity (Wildman–Crippen MR) is 126 cm³/mol. The topological polar surface area (TPSA) is 51.7 Å². The average molecular weight is 453 g/mol. The zero-order chi connectivity index (χ0) is 21.8. The van der Waals surface area contributed by atoms with E-state index >= 15 is 0 Å². The molecule has 5 nitrogen and oxygen atoms in total. The number of amides is 1. The lowest BCUT2D eigenvalue weighted by Crippen LogP contribution is -2.31. The highest BCUT2D eigenvalue weighted by molar-refractivity contribution is 7.23. The van der Waals surface area contributed by atoms with Crippen LogP contribution in [0.15, 0.2) is 66.7 Å². The molecule has 1 amide bonds. The second-order valence-electron chi connectivity index (χ2n) is 6.91. The van der Waals surface area contributed by atoms with Gasteiger partial charge in [0.05, 0.1) is 36.9 Å². The Hall–Kier alpha value is -3.09. The molecule has 0 saturated heterocycles. The summed E-state index contributed by atoms with van der Waals surface area (Å²) in [6, 6.07) is 20.9. The molecule has 0 aliphatic rings. The lowest BCUT2D eigenvalue weighted by atomic mass is 10.1. The standard InChI is InChI=1S/C24H21ClN2O3S/c1-29-18-10-8-16(9-11-18)14-21(28)27(15-17-6-4-3-5-7-17)24-26-22-20(30-2)13-12-19(25)23(22)31-24/h3-13H,14-15H2,1-2H3. The maximum absolute atomic E-state index is 13.4. The van der Waals surface area contributed by atoms with Crippen molar-refractivity contribution in [3.8, 4) is 11.5 Å². The average Bonchev–Trinajstić information content (AvgIpc) is 3.25. The van der Waals surface area contributed by atoms with Crippen LogP contribution in [0.2, 0.25) is 5.02 Å². The highest BCUT2D eigenvalue weighted by atomic mass is 35.5. The fourth-order valence-electron chi connectivity index (χ4n) is 3.26. The van der Waals surface area contributed by atoms with Crippen LogP contribution in [0, 0.1) is 0 Å². The number of carbonyl (C=O) groups excluding carboxylic acids is 1. The van der Waals surface area contributed by atoms with E-state index < -0.39 is 0 Å². The lowest BCUT2D eigenvalue weighted by molar-refractivity contribution is -0.118. The van der Waals surface area contributed by atoms with Crippen LogP contribution < -0.4 is 14.4 Å². The monoisotopic (exact) mass is 452 g/mol. The first-order chi connectivity index (χ1) is 15.1. The molecule has 1 heterocycles. The van der Waals surface area contributed by atoms with Gasteiger partial charge in [-0.2, -0.15) is 0 Å². The summed E-state index contributed by atoms with van der Waals surface area (Å²) in [5, 5.41) is 1.17. The Morgan fingerprint density at radius 2 is 1.71 bits per heavy atom. The van der Waals surface area contributed by atoms with Crippen LogP contribution in [-0.2, 0) is 17.8 Å². The Labute approximate surface area is 189 Å². The Morgan fingerprint density at radius 1 is 0.968 bits per heavy atom. The van der Waals surface area contributed by atoms with Gasteiger partial charge in [-0.05, 0) is 35.4 Å². The molecule has 4 rings (SSSR count). The van der Waals surface area contributed by atoms with Crippen LogP contribution in [-0.4, -0.2) is 25.1 Å². The van der Waals surface area contributed by atoms with Gasteiger partial charge in [0.15, 0.2) is 5.13 Å². The molecule has 0 radical (unpaired) electrons. The third-order valence-electron chi connectivity index (χ3n) is 4.90. The summed E-state index contributed by atoms with van der Waals surface area (Å²) < 4.78 is 11.4. The zero-order valence-electron chi connectivity index (χ0n) is 17.2. The zero-order valence-corrected chi connectivity index (χ0v) is 18.7. The second kappa shape index (κ2) is 9.37. The molecule has 1 aromatic heterocycles. The minimum absolute atomic E-state index is 0.0526. The third kappa shape index (κ3) is 4.65. The first kappa shape index (κ1) is 21.2. The summed E-state index contributed by atoms with van der Waals surface area (Å²) in [5.41, 5.74) is 2.58. The highest BCUT2D eigenvalue weighted by Gasteiger charge is 2.22. The van der Waals surface area contributed by atoms with Crippen molar-refractivity contribution in [1.82, 2.24) is 4.98 Å². The van der Waals surface area contributed by atoms with Crippen molar-refractivity contribution < 1.29 is 14.3 Å². The van der Waals surface area contributed by atoms with Crippen LogP contribution >= 0.6 is 22.9 Å². The smallest absolute Gasteiger partial charge is 0.233 e. The van der Waals surface area contributed by atoms with Gasteiger partial charge in [0.2, 0.25) is 5.91 Å². The fourth-order valence-corrected chi connectivity index (χ4v) is 4.54. The first-order valence-electron chi connectivity index (χ1n) is 9.69. The molecule has 0 N–H and O–H groups in total. The van der Waals surface area contributed by atoms with Crippen molar-refractivity contribution >= 4 is 44.2 Å². The molecule has 4 aromatic rings. The Bertz CT molecular complexity index is 1190. The predicted octanol–water partition coefficient (Wildman–Crippen LogP) is 5.74. The van der Waals surface area contributed by atoms with E-state index in [0.717, 1.165) is 21.6 Å². The highest BCUT2D eigenvalue weighted by Crippen LogP contribution is 2.39. The normalized spacial score (nSPS) is 10.8. The number of ether oxygens (including phenoxy) is 2. The summed E-state index contributed by atoms with van der Waals surface area (Å²) >= 11 is 7.79. The number of nitrogens with zero attached hydrogens (tertiary/aromatic N) is 2. The van der Waals surface area contributed by atoms with Gasteiger partial charge < -0.3 is 9.47 Å². The molecule has 3 aromatic carbocycles. The van der Waals surface area contributed by atoms with E-state index in [4.69, 9.17) is 26.1 Å². The molecule has 0 spiro atoms. The lowest BCUT2D eigenvalue weighted by Gasteiger charge is -2.20. The molecule has 0 saturated carbocycles. The number of hydrogen-bond acceptors (Lipinski definition) is 5. The molecule has 0 aliphatic heterocycles. The maximum Gasteiger partial charge on any atom is 0.233 e. The van der Waals surface area contributed by atoms with Crippen LogP contribution in [0.1, 0.15) is 11.1 Å². The fraction of sp³-hybridized carbons (Fsp3) is 0.167. The summed E-state index contributed by atoms with van der Waals surface area (Å²) in [6.45, 7) is 0.412. The van der Waals surface area contributed by atoms with E-state index in [9.17, 15) is 4.79 Å². The van der Waals surface area contributed by atoms with Crippen LogP contribution in [0.5, 0.6) is 11.5 Å². The molecule has 7 heteroatoms. The van der Waals surface area contributed by atoms with Crippen LogP contribution in [0.4, 0.5) is 5.13 Å². The van der Waals surface area contributed by atoms with Crippen molar-refractivity contribution in [1.29, 1.82) is 0 Å². The number of aromatic nitrogens is 1. The second-order valence-corrected chi connectivity index (χ2v) is 8.30. The Balaban J connectivity index is 1.71. The third-order valence-corrected chi connectivity index (χ3v) is 6.44. The number of rotatable bonds is 7. The first-order valence-corrected chi connectivity index (χ1v) is 10.9. The van der Waals surface area contributed by atoms with Crippen molar-refractivity contribution in [3.05, 3.63) is 82.9 Å². The number of thiazole rings is 1. The molecule has 0 bridgehead atoms. The van der Waals surface area contributed by atoms with E-state index in [1.54, 1.807) is 31.3 Å². The number of methoxy groups -OCH3 is 2. The van der Waals surface area contributed by atoms with Gasteiger partial charge in [0, 0.05) is 0 Å². The van der Waals surface area contributed by atoms with Gasteiger partial charge in [-0.15, -0.1) is 0 Å². The van der Waals surface area contributed by atoms with Crippen LogP contribution in [0.3, 0.4) is 0 Å². The number of anilines is 1. The SMILES string of the molecule is COc1ccc(CC(=O)N(Cc2ccccc2)c2nc3c(OC)ccc(Cl)c3s2)cc1. The number of fused-ring (bicyclic) bond motifs is 1. The van der Waals surface area contributed by atoms with E-state index in [1.807, 2.05) is 54.6 Å². The van der Waals surface area contributed by atoms with Crippen molar-refractivity contribution in [2.24, 2.45) is 0 Å². The van der Waals surface area contributed by atoms with Crippen molar-refractivity contribution in [3.63, 3.8) is 0 Å². The van der Waals surface area contributed by atoms with Gasteiger partial charge in [-0.1, -0.05) is 65.4 Å². The summed E-state index contributed by atoms with van der Waals surface area (Å²) in [5.74, 6) is 1.33. The van der Waals surface area contributed by atoms with Crippen LogP contribution in [0.25, 0.3) is 10.2 Å². The Kier molecular flexibility index (Phi) is 6.39. The molecular formula is C24H21ClN2O3S. The molecule has 0 atom stereocenters. The van der Waals surface area contributed by atoms with Gasteiger partial charge >= 0.3 is 0 Å². The minimum Gasteiger partial charge on any atom is -0.497 e. The van der Waals surface area contributed by atoms with E-state index in [0.29, 0.717) is 28.0 Å². The number of halogens is 1. The van der Waals surface area contributed by atoms with E-state index in [2.05, 4.69) is 0 Å². The van der Waals surface area contributed by atoms with Gasteiger partial charge in [-0.25, -0.2) is 4.98 Å². The van der Waals surface area contributed by atoms with Crippen molar-refractivity contribution in [2.75, 3.05) is 19.1 Å². The number of hydrogen-bond donors (Lipinski definition) is 0. The quantitative estimate of drug-likeness (QED) is 0.358. The van der Waals surface area contributed by atoms with Gasteiger partial charge in [0.1, 0.15) is 17.0 Å². The summed E-state index contributed by atoms with van der Waals surface area (Å²) in [4.78, 5) is 19.8. The molecule has 0 fully saturated rings. The maximum atomic E-state index is 13.4. The van der Waals surface area contributed by atoms with Gasteiger partial charge in [-0.3, -0.25) is 9.69 Å². The molecule has 0 aliphatic carbocycles. The van der Waals surface area contributed by atoms with E-state index in [-0.39, 0.29) is 12.3 Å². The van der Waals surface area contributed by atoms with E-state index in [1.165, 1.54) is 11.3 Å². The number of carbonyl (C=O) groups is 1. The number of benzene rings is 3. The molecular weight excluding hydrogens is 432 g/mol.